The van der Waals surface area contributed by atoms with E-state index < -0.39 is 35.3 Å². The molecule has 0 fully saturated rings. The molecule has 6 N–H and O–H groups in total. The van der Waals surface area contributed by atoms with E-state index in [0.717, 1.165) is 0 Å². The maximum absolute atomic E-state index is 13.1. The second kappa shape index (κ2) is 19.7. The largest absolute Gasteiger partial charge is 0.377 e. The van der Waals surface area contributed by atoms with Crippen LogP contribution in [0.1, 0.15) is 47.5 Å². The number of ketones is 1. The number of ether oxygens (including phenoxy) is 3. The molecule has 0 saturated carbocycles. The molecule has 1 aromatic carbocycles. The summed E-state index contributed by atoms with van der Waals surface area (Å²) >= 11 is 6.08. The third-order valence-corrected chi connectivity index (χ3v) is 6.99. The number of carbonyl (C=O) groups is 5. The van der Waals surface area contributed by atoms with Crippen molar-refractivity contribution in [1.82, 2.24) is 25.9 Å². The van der Waals surface area contributed by atoms with E-state index in [1.807, 2.05) is 0 Å². The summed E-state index contributed by atoms with van der Waals surface area (Å²) in [6, 6.07) is 2.73. The van der Waals surface area contributed by atoms with Crippen LogP contribution in [-0.4, -0.2) is 97.8 Å². The van der Waals surface area contributed by atoms with Gasteiger partial charge in [0.1, 0.15) is 30.7 Å². The maximum Gasteiger partial charge on any atom is 0.312 e. The zero-order valence-corrected chi connectivity index (χ0v) is 28.3. The number of halogens is 1. The van der Waals surface area contributed by atoms with Crippen molar-refractivity contribution in [2.75, 3.05) is 51.5 Å². The molecule has 0 aliphatic carbocycles. The number of benzene rings is 1. The number of amides is 5. The molecule has 0 aliphatic heterocycles. The first-order chi connectivity index (χ1) is 22.2. The first-order valence-electron chi connectivity index (χ1n) is 15.3. The molecule has 5 amide bonds. The van der Waals surface area contributed by atoms with E-state index in [4.69, 9.17) is 31.5 Å². The molecule has 15 nitrogen and oxygen atoms in total. The first-order valence-corrected chi connectivity index (χ1v) is 15.7. The highest BCUT2D eigenvalue weighted by molar-refractivity contribution is 6.34. The Morgan fingerprint density at radius 2 is 1.55 bits per heavy atom. The molecule has 2 aromatic rings. The van der Waals surface area contributed by atoms with E-state index >= 15 is 0 Å². The monoisotopic (exact) mass is 679 g/mol. The molecule has 1 heterocycles. The number of Topliss-reactive ketones (excluding diaryl/α,β-unsaturated/α-hetero) is 1. The predicted molar refractivity (Wildman–Crippen MR) is 176 cm³/mol. The number of urea groups is 1. The zero-order valence-electron chi connectivity index (χ0n) is 27.5. The second-order valence-corrected chi connectivity index (χ2v) is 12.4. The van der Waals surface area contributed by atoms with Crippen LogP contribution in [0.5, 0.6) is 0 Å². The average Bonchev–Trinajstić information content (AvgIpc) is 2.99. The Kier molecular flexibility index (Phi) is 16.4. The molecule has 0 unspecified atom stereocenters. The molecule has 2 rings (SSSR count). The fourth-order valence-electron chi connectivity index (χ4n) is 4.29. The number of nitrogens with zero attached hydrogens (tertiary/aromatic N) is 2. The van der Waals surface area contributed by atoms with E-state index in [0.29, 0.717) is 29.4 Å². The second-order valence-electron chi connectivity index (χ2n) is 12.1. The third-order valence-electron chi connectivity index (χ3n) is 6.69. The van der Waals surface area contributed by atoms with Crippen LogP contribution in [0.15, 0.2) is 24.5 Å². The Balaban J connectivity index is 1.66. The minimum Gasteiger partial charge on any atom is -0.377 e. The van der Waals surface area contributed by atoms with Gasteiger partial charge in [0.15, 0.2) is 5.78 Å². The van der Waals surface area contributed by atoms with Gasteiger partial charge in [0.2, 0.25) is 17.7 Å². The molecule has 47 heavy (non-hydrogen) atoms. The topological polar surface area (TPSA) is 213 Å². The lowest BCUT2D eigenvalue weighted by Gasteiger charge is -2.28. The van der Waals surface area contributed by atoms with Crippen molar-refractivity contribution in [1.29, 1.82) is 0 Å². The van der Waals surface area contributed by atoms with Gasteiger partial charge in [-0.3, -0.25) is 19.2 Å². The fourth-order valence-corrected chi connectivity index (χ4v) is 4.48. The molecule has 0 bridgehead atoms. The van der Waals surface area contributed by atoms with Gasteiger partial charge < -0.3 is 41.2 Å². The zero-order chi connectivity index (χ0) is 35.0. The summed E-state index contributed by atoms with van der Waals surface area (Å²) in [5.41, 5.74) is 5.57. The number of nitrogens with one attached hydrogen (secondary N) is 4. The molecule has 0 aliphatic rings. The minimum atomic E-state index is -0.899. The Bertz CT molecular complexity index is 1370. The summed E-state index contributed by atoms with van der Waals surface area (Å²) in [5, 5.41) is 11.5. The molecule has 0 radical (unpaired) electrons. The van der Waals surface area contributed by atoms with Gasteiger partial charge >= 0.3 is 6.03 Å². The van der Waals surface area contributed by atoms with Gasteiger partial charge in [0.05, 0.1) is 38.0 Å². The van der Waals surface area contributed by atoms with E-state index in [1.165, 1.54) is 6.33 Å². The van der Waals surface area contributed by atoms with Gasteiger partial charge in [0.25, 0.3) is 0 Å². The summed E-state index contributed by atoms with van der Waals surface area (Å²) in [5.74, 6) is -1.79. The smallest absolute Gasteiger partial charge is 0.312 e. The van der Waals surface area contributed by atoms with Gasteiger partial charge in [-0.05, 0) is 37.0 Å². The average molecular weight is 680 g/mol. The lowest BCUT2D eigenvalue weighted by Crippen LogP contribution is -2.55. The number of hydrogen-bond acceptors (Lipinski definition) is 10. The number of nitrogens with two attached hydrogens (primary N) is 1. The third kappa shape index (κ3) is 14.6. The van der Waals surface area contributed by atoms with Crippen molar-refractivity contribution in [2.24, 2.45) is 17.1 Å². The van der Waals surface area contributed by atoms with Gasteiger partial charge in [-0.15, -0.1) is 0 Å². The van der Waals surface area contributed by atoms with Gasteiger partial charge in [-0.2, -0.15) is 0 Å². The maximum atomic E-state index is 13.1. The highest BCUT2D eigenvalue weighted by Gasteiger charge is 2.33. The summed E-state index contributed by atoms with van der Waals surface area (Å²) in [6.45, 7) is 9.26. The molecule has 260 valence electrons. The Labute approximate surface area is 279 Å². The Hall–Kier alpha value is -3.92. The number of fused-ring (bicyclic) bond motifs is 1. The van der Waals surface area contributed by atoms with Crippen LogP contribution in [0.3, 0.4) is 0 Å². The standard InChI is InChI=1S/C31H46ClN7O8/c1-19(2)26(29(43)38-23(27(42)31(3,4)5)7-6-10-34-30(33)44)39-25(41)17-47-14-12-45-11-13-46-16-24(40)37-20-8-9-22-21(15-20)28(32)36-18-35-22/h8-9,15,18-19,23,26H,6-7,10-14,16-17H2,1-5H3,(H,37,40)(H,38,43)(H,39,41)(H3,33,34,44)/t23-,26-/m0/s1. The van der Waals surface area contributed by atoms with Gasteiger partial charge in [0, 0.05) is 23.0 Å². The molecule has 2 atom stereocenters. The first kappa shape index (κ1) is 39.3. The number of hydrogen-bond donors (Lipinski definition) is 5. The fraction of sp³-hybridized carbons (Fsp3) is 0.581. The minimum absolute atomic E-state index is 0.113. The summed E-state index contributed by atoms with van der Waals surface area (Å²) in [6.07, 6.45) is 2.08. The quantitative estimate of drug-likeness (QED) is 0.101. The molecular formula is C31H46ClN7O8. The number of anilines is 1. The van der Waals surface area contributed by atoms with Crippen LogP contribution >= 0.6 is 11.6 Å². The normalized spacial score (nSPS) is 12.7. The lowest BCUT2D eigenvalue weighted by atomic mass is 9.84. The van der Waals surface area contributed by atoms with Gasteiger partial charge in [-0.25, -0.2) is 14.8 Å². The van der Waals surface area contributed by atoms with E-state index in [1.54, 1.807) is 52.8 Å². The van der Waals surface area contributed by atoms with Crippen LogP contribution in [-0.2, 0) is 33.4 Å². The van der Waals surface area contributed by atoms with Crippen molar-refractivity contribution < 1.29 is 38.2 Å². The lowest BCUT2D eigenvalue weighted by molar-refractivity contribution is -0.136. The number of aromatic nitrogens is 2. The summed E-state index contributed by atoms with van der Waals surface area (Å²) < 4.78 is 16.1. The molecular weight excluding hydrogens is 634 g/mol. The van der Waals surface area contributed by atoms with Crippen LogP contribution in [0, 0.1) is 11.3 Å². The van der Waals surface area contributed by atoms with Crippen LogP contribution < -0.4 is 27.0 Å². The van der Waals surface area contributed by atoms with Crippen molar-refractivity contribution in [3.63, 3.8) is 0 Å². The Morgan fingerprint density at radius 1 is 0.915 bits per heavy atom. The van der Waals surface area contributed by atoms with E-state index in [9.17, 15) is 24.0 Å². The van der Waals surface area contributed by atoms with Crippen molar-refractivity contribution in [3.05, 3.63) is 29.7 Å². The van der Waals surface area contributed by atoms with Crippen molar-refractivity contribution in [3.8, 4) is 0 Å². The van der Waals surface area contributed by atoms with Crippen molar-refractivity contribution in [2.45, 2.75) is 59.5 Å². The SMILES string of the molecule is CC(C)[C@H](NC(=O)COCCOCCOCC(=O)Nc1ccc2ncnc(Cl)c2c1)C(=O)N[C@@H](CCCNC(N)=O)C(=O)C(C)(C)C. The van der Waals surface area contributed by atoms with Crippen LogP contribution in [0.25, 0.3) is 10.9 Å². The van der Waals surface area contributed by atoms with Crippen LogP contribution in [0.4, 0.5) is 10.5 Å². The van der Waals surface area contributed by atoms with Crippen molar-refractivity contribution >= 4 is 57.7 Å². The highest BCUT2D eigenvalue weighted by atomic mass is 35.5. The molecule has 0 spiro atoms. The number of carbonyl (C=O) groups excluding carboxylic acids is 5. The Morgan fingerprint density at radius 3 is 2.17 bits per heavy atom. The molecule has 1 aromatic heterocycles. The van der Waals surface area contributed by atoms with E-state index in [2.05, 4.69) is 31.2 Å². The molecule has 16 heteroatoms. The summed E-state index contributed by atoms with van der Waals surface area (Å²) in [7, 11) is 0. The van der Waals surface area contributed by atoms with Gasteiger partial charge in [-0.1, -0.05) is 46.2 Å². The van der Waals surface area contributed by atoms with Crippen LogP contribution in [0.2, 0.25) is 5.15 Å². The highest BCUT2D eigenvalue weighted by Crippen LogP contribution is 2.23. The molecule has 0 saturated heterocycles. The number of primary amides is 1. The summed E-state index contributed by atoms with van der Waals surface area (Å²) in [4.78, 5) is 69.8. The van der Waals surface area contributed by atoms with E-state index in [-0.39, 0.29) is 68.9 Å². The number of rotatable bonds is 20. The predicted octanol–water partition coefficient (Wildman–Crippen LogP) is 1.96.